The second-order valence-electron chi connectivity index (χ2n) is 5.80. The lowest BCUT2D eigenvalue weighted by Gasteiger charge is -2.31. The highest BCUT2D eigenvalue weighted by molar-refractivity contribution is 7.89. The number of likely N-dealkylation sites (tertiary alicyclic amines) is 1. The lowest BCUT2D eigenvalue weighted by atomic mass is 9.97. The third-order valence-electron chi connectivity index (χ3n) is 4.33. The van der Waals surface area contributed by atoms with E-state index in [2.05, 4.69) is 21.9 Å². The van der Waals surface area contributed by atoms with Crippen molar-refractivity contribution in [1.29, 1.82) is 0 Å². The molecule has 2 N–H and O–H groups in total. The first kappa shape index (κ1) is 15.2. The minimum absolute atomic E-state index is 0.152. The van der Waals surface area contributed by atoms with Gasteiger partial charge in [-0.05, 0) is 57.8 Å². The molecular weight excluding hydrogens is 262 g/mol. The maximum Gasteiger partial charge on any atom is 0.213 e. The van der Waals surface area contributed by atoms with E-state index in [4.69, 9.17) is 0 Å². The molecule has 6 heteroatoms. The van der Waals surface area contributed by atoms with Crippen LogP contribution in [-0.2, 0) is 10.0 Å². The molecule has 0 amide bonds. The monoisotopic (exact) mass is 289 g/mol. The molecule has 112 valence electrons. The molecule has 5 nitrogen and oxygen atoms in total. The second-order valence-corrected chi connectivity index (χ2v) is 7.65. The van der Waals surface area contributed by atoms with Gasteiger partial charge in [0.05, 0.1) is 5.75 Å². The van der Waals surface area contributed by atoms with Gasteiger partial charge in [0.1, 0.15) is 0 Å². The molecule has 2 rings (SSSR count). The van der Waals surface area contributed by atoms with Crippen LogP contribution in [0.3, 0.4) is 0 Å². The summed E-state index contributed by atoms with van der Waals surface area (Å²) in [5.41, 5.74) is 0. The van der Waals surface area contributed by atoms with E-state index in [9.17, 15) is 8.42 Å². The van der Waals surface area contributed by atoms with Gasteiger partial charge in [-0.3, -0.25) is 0 Å². The molecule has 0 aromatic rings. The zero-order chi connectivity index (χ0) is 13.7. The summed E-state index contributed by atoms with van der Waals surface area (Å²) in [5, 5.41) is 3.24. The smallest absolute Gasteiger partial charge is 0.213 e. The molecular formula is C13H27N3O2S. The number of nitrogens with one attached hydrogen (secondary N) is 2. The number of hydrogen-bond donors (Lipinski definition) is 2. The summed E-state index contributed by atoms with van der Waals surface area (Å²) >= 11 is 0. The molecule has 0 bridgehead atoms. The van der Waals surface area contributed by atoms with Crippen molar-refractivity contribution in [1.82, 2.24) is 14.9 Å². The summed E-state index contributed by atoms with van der Waals surface area (Å²) in [6.07, 6.45) is 4.29. The molecule has 2 heterocycles. The van der Waals surface area contributed by atoms with Crippen LogP contribution in [0.2, 0.25) is 0 Å². The van der Waals surface area contributed by atoms with E-state index in [1.807, 2.05) is 0 Å². The Labute approximate surface area is 117 Å². The van der Waals surface area contributed by atoms with Gasteiger partial charge in [-0.1, -0.05) is 6.92 Å². The first-order chi connectivity index (χ1) is 9.09. The quantitative estimate of drug-likeness (QED) is 0.742. The van der Waals surface area contributed by atoms with Crippen molar-refractivity contribution < 1.29 is 8.42 Å². The minimum Gasteiger partial charge on any atom is -0.313 e. The first-order valence-corrected chi connectivity index (χ1v) is 9.17. The van der Waals surface area contributed by atoms with Gasteiger partial charge in [0.2, 0.25) is 10.0 Å². The predicted octanol–water partition coefficient (Wildman–Crippen LogP) is 0.390. The molecule has 19 heavy (non-hydrogen) atoms. The molecule has 0 aromatic carbocycles. The molecule has 2 fully saturated rings. The van der Waals surface area contributed by atoms with Crippen LogP contribution in [0.1, 0.15) is 32.6 Å². The van der Waals surface area contributed by atoms with Crippen molar-refractivity contribution in [3.63, 3.8) is 0 Å². The summed E-state index contributed by atoms with van der Waals surface area (Å²) in [5.74, 6) is 0.745. The van der Waals surface area contributed by atoms with Crippen molar-refractivity contribution in [2.45, 2.75) is 38.6 Å². The molecule has 1 unspecified atom stereocenters. The third kappa shape index (κ3) is 5.02. The number of sulfonamides is 1. The average Bonchev–Trinajstić information content (AvgIpc) is 2.89. The summed E-state index contributed by atoms with van der Waals surface area (Å²) < 4.78 is 26.8. The molecule has 0 aliphatic carbocycles. The lowest BCUT2D eigenvalue weighted by Crippen LogP contribution is -2.41. The van der Waals surface area contributed by atoms with Crippen molar-refractivity contribution in [3.05, 3.63) is 0 Å². The molecule has 1 atom stereocenters. The van der Waals surface area contributed by atoms with Gasteiger partial charge in [-0.2, -0.15) is 0 Å². The summed E-state index contributed by atoms with van der Waals surface area (Å²) in [6, 6.07) is 0.152. The largest absolute Gasteiger partial charge is 0.313 e. The van der Waals surface area contributed by atoms with E-state index < -0.39 is 10.0 Å². The van der Waals surface area contributed by atoms with Gasteiger partial charge in [-0.25, -0.2) is 13.1 Å². The van der Waals surface area contributed by atoms with Crippen LogP contribution in [0.4, 0.5) is 0 Å². The highest BCUT2D eigenvalue weighted by Gasteiger charge is 2.24. The Balaban J connectivity index is 1.69. The number of hydrogen-bond acceptors (Lipinski definition) is 4. The number of rotatable bonds is 6. The fourth-order valence-corrected chi connectivity index (χ4v) is 4.40. The highest BCUT2D eigenvalue weighted by atomic mass is 32.2. The van der Waals surface area contributed by atoms with E-state index >= 15 is 0 Å². The average molecular weight is 289 g/mol. The molecule has 0 spiro atoms. The van der Waals surface area contributed by atoms with E-state index in [1.54, 1.807) is 0 Å². The van der Waals surface area contributed by atoms with E-state index in [0.29, 0.717) is 12.5 Å². The Morgan fingerprint density at radius 1 is 1.26 bits per heavy atom. The molecule has 0 radical (unpaired) electrons. The fraction of sp³-hybridized carbons (Fsp3) is 1.00. The van der Waals surface area contributed by atoms with Crippen molar-refractivity contribution in [3.8, 4) is 0 Å². The Morgan fingerprint density at radius 3 is 2.58 bits per heavy atom. The van der Waals surface area contributed by atoms with Crippen LogP contribution in [0, 0.1) is 5.92 Å². The van der Waals surface area contributed by atoms with Crippen molar-refractivity contribution >= 4 is 10.0 Å². The number of piperidine rings is 1. The van der Waals surface area contributed by atoms with Gasteiger partial charge >= 0.3 is 0 Å². The van der Waals surface area contributed by atoms with E-state index in [0.717, 1.165) is 51.9 Å². The van der Waals surface area contributed by atoms with E-state index in [-0.39, 0.29) is 11.8 Å². The van der Waals surface area contributed by atoms with Crippen LogP contribution in [0.25, 0.3) is 0 Å². The third-order valence-corrected chi connectivity index (χ3v) is 5.78. The standard InChI is InChI=1S/C13H27N3O2S/c1-2-16-8-5-12(6-9-16)10-15-19(17,18)11-13-4-3-7-14-13/h12-15H,2-11H2,1H3. The fourth-order valence-electron chi connectivity index (χ4n) is 2.97. The van der Waals surface area contributed by atoms with Crippen molar-refractivity contribution in [2.24, 2.45) is 5.92 Å². The van der Waals surface area contributed by atoms with Crippen LogP contribution in [0.5, 0.6) is 0 Å². The Bertz CT molecular complexity index is 358. The van der Waals surface area contributed by atoms with Crippen LogP contribution in [0.15, 0.2) is 0 Å². The highest BCUT2D eigenvalue weighted by Crippen LogP contribution is 2.16. The maximum atomic E-state index is 12.0. The summed E-state index contributed by atoms with van der Waals surface area (Å²) in [7, 11) is -3.11. The summed E-state index contributed by atoms with van der Waals surface area (Å²) in [6.45, 7) is 7.06. The Morgan fingerprint density at radius 2 is 2.00 bits per heavy atom. The first-order valence-electron chi connectivity index (χ1n) is 7.52. The minimum atomic E-state index is -3.11. The van der Waals surface area contributed by atoms with Crippen LogP contribution >= 0.6 is 0 Å². The normalized spacial score (nSPS) is 26.9. The SMILES string of the molecule is CCN1CCC(CNS(=O)(=O)CC2CCCN2)CC1. The molecule has 2 saturated heterocycles. The van der Waals surface area contributed by atoms with Gasteiger partial charge in [0.15, 0.2) is 0 Å². The molecule has 0 aromatic heterocycles. The Kier molecular flexibility index (Phi) is 5.62. The maximum absolute atomic E-state index is 12.0. The molecule has 0 saturated carbocycles. The van der Waals surface area contributed by atoms with E-state index in [1.165, 1.54) is 0 Å². The van der Waals surface area contributed by atoms with Gasteiger partial charge in [-0.15, -0.1) is 0 Å². The van der Waals surface area contributed by atoms with Gasteiger partial charge in [0.25, 0.3) is 0 Å². The zero-order valence-corrected chi connectivity index (χ0v) is 12.7. The molecule has 2 aliphatic rings. The van der Waals surface area contributed by atoms with Crippen LogP contribution < -0.4 is 10.0 Å². The second kappa shape index (κ2) is 7.02. The van der Waals surface area contributed by atoms with Gasteiger partial charge < -0.3 is 10.2 Å². The Hall–Kier alpha value is -0.170. The summed E-state index contributed by atoms with van der Waals surface area (Å²) in [4.78, 5) is 2.42. The van der Waals surface area contributed by atoms with Crippen LogP contribution in [-0.4, -0.2) is 57.8 Å². The van der Waals surface area contributed by atoms with Crippen molar-refractivity contribution in [2.75, 3.05) is 38.5 Å². The zero-order valence-electron chi connectivity index (χ0n) is 11.9. The number of nitrogens with zero attached hydrogens (tertiary/aromatic N) is 1. The van der Waals surface area contributed by atoms with Gasteiger partial charge in [0, 0.05) is 12.6 Å². The molecule has 2 aliphatic heterocycles. The topological polar surface area (TPSA) is 61.4 Å². The predicted molar refractivity (Wildman–Crippen MR) is 77.7 cm³/mol. The lowest BCUT2D eigenvalue weighted by molar-refractivity contribution is 0.193.